The maximum absolute atomic E-state index is 12.7. The number of hydrogen-bond acceptors (Lipinski definition) is 5. The fourth-order valence-electron chi connectivity index (χ4n) is 3.20. The molecule has 3 amide bonds. The van der Waals surface area contributed by atoms with Crippen LogP contribution in [0.2, 0.25) is 0 Å². The molecule has 0 saturated carbocycles. The first kappa shape index (κ1) is 15.6. The topological polar surface area (TPSA) is 87.0 Å². The molecule has 0 aliphatic carbocycles. The van der Waals surface area contributed by atoms with E-state index in [1.807, 2.05) is 28.0 Å². The quantitative estimate of drug-likeness (QED) is 0.751. The summed E-state index contributed by atoms with van der Waals surface area (Å²) < 4.78 is 0. The van der Waals surface area contributed by atoms with Crippen molar-refractivity contribution in [3.63, 3.8) is 0 Å². The van der Waals surface area contributed by atoms with Gasteiger partial charge >= 0.3 is 0 Å². The predicted octanol–water partition coefficient (Wildman–Crippen LogP) is -0.579. The second-order valence-corrected chi connectivity index (χ2v) is 5.90. The van der Waals surface area contributed by atoms with Crippen LogP contribution >= 0.6 is 0 Å². The van der Waals surface area contributed by atoms with Gasteiger partial charge < -0.3 is 5.73 Å². The van der Waals surface area contributed by atoms with E-state index in [0.717, 1.165) is 0 Å². The van der Waals surface area contributed by atoms with Crippen molar-refractivity contribution in [3.8, 4) is 0 Å². The summed E-state index contributed by atoms with van der Waals surface area (Å²) in [7, 11) is 0. The highest BCUT2D eigenvalue weighted by molar-refractivity contribution is 6.22. The van der Waals surface area contributed by atoms with Crippen LogP contribution < -0.4 is 10.6 Å². The number of primary amides is 1. The second-order valence-electron chi connectivity index (χ2n) is 5.90. The van der Waals surface area contributed by atoms with Crippen LogP contribution in [0.25, 0.3) is 0 Å². The Morgan fingerprint density at radius 3 is 2.35 bits per heavy atom. The monoisotopic (exact) mass is 316 g/mol. The molecule has 2 fully saturated rings. The molecule has 0 aromatic heterocycles. The lowest BCUT2D eigenvalue weighted by molar-refractivity contribution is -0.124. The van der Waals surface area contributed by atoms with Crippen LogP contribution in [0.3, 0.4) is 0 Å². The zero-order valence-corrected chi connectivity index (χ0v) is 12.9. The number of imide groups is 1. The summed E-state index contributed by atoms with van der Waals surface area (Å²) in [6.07, 6.45) is 0.212. The van der Waals surface area contributed by atoms with Gasteiger partial charge in [0.05, 0.1) is 24.7 Å². The van der Waals surface area contributed by atoms with Gasteiger partial charge in [0.2, 0.25) is 11.8 Å². The van der Waals surface area contributed by atoms with E-state index < -0.39 is 6.04 Å². The maximum atomic E-state index is 12.7. The highest BCUT2D eigenvalue weighted by Crippen LogP contribution is 2.25. The molecule has 2 heterocycles. The number of carbonyl (C=O) groups excluding carboxylic acids is 3. The minimum atomic E-state index is -0.404. The summed E-state index contributed by atoms with van der Waals surface area (Å²) in [5.74, 6) is -0.670. The van der Waals surface area contributed by atoms with Crippen LogP contribution in [0.5, 0.6) is 0 Å². The third-order valence-electron chi connectivity index (χ3n) is 4.36. The molecule has 2 aliphatic rings. The largest absolute Gasteiger partial charge is 0.369 e. The van der Waals surface area contributed by atoms with E-state index in [1.54, 1.807) is 12.1 Å². The van der Waals surface area contributed by atoms with Crippen molar-refractivity contribution >= 4 is 23.4 Å². The number of para-hydroxylation sites is 1. The number of carbonyl (C=O) groups is 3. The Morgan fingerprint density at radius 2 is 1.74 bits per heavy atom. The molecule has 0 bridgehead atoms. The van der Waals surface area contributed by atoms with Gasteiger partial charge in [0.1, 0.15) is 0 Å². The molecule has 2 N–H and O–H groups in total. The van der Waals surface area contributed by atoms with Crippen molar-refractivity contribution in [1.82, 2.24) is 9.80 Å². The summed E-state index contributed by atoms with van der Waals surface area (Å²) in [5, 5.41) is 0. The molecule has 7 heteroatoms. The smallest absolute Gasteiger partial charge is 0.251 e. The minimum absolute atomic E-state index is 0.161. The SMILES string of the molecule is NC(=O)CN1CCN([C@H]2CC(=O)N(c3ccccc3)C2=O)CC1. The molecule has 122 valence electrons. The molecule has 1 aromatic carbocycles. The van der Waals surface area contributed by atoms with Crippen LogP contribution in [0.4, 0.5) is 5.69 Å². The standard InChI is InChI=1S/C16H20N4O3/c17-14(21)11-18-6-8-19(9-7-18)13-10-15(22)20(16(13)23)12-4-2-1-3-5-12/h1-5,13H,6-11H2,(H2,17,21)/t13-/m0/s1. The van der Waals surface area contributed by atoms with Crippen LogP contribution in [0, 0.1) is 0 Å². The molecule has 0 radical (unpaired) electrons. The molecule has 23 heavy (non-hydrogen) atoms. The number of amides is 3. The lowest BCUT2D eigenvalue weighted by Gasteiger charge is -2.36. The molecular formula is C16H20N4O3. The van der Waals surface area contributed by atoms with Crippen molar-refractivity contribution in [1.29, 1.82) is 0 Å². The van der Waals surface area contributed by atoms with E-state index in [0.29, 0.717) is 31.9 Å². The van der Waals surface area contributed by atoms with Crippen LogP contribution in [0.15, 0.2) is 30.3 Å². The first-order valence-electron chi connectivity index (χ1n) is 7.73. The highest BCUT2D eigenvalue weighted by atomic mass is 16.2. The minimum Gasteiger partial charge on any atom is -0.369 e. The third kappa shape index (κ3) is 3.25. The Balaban J connectivity index is 1.65. The Morgan fingerprint density at radius 1 is 1.09 bits per heavy atom. The summed E-state index contributed by atoms with van der Waals surface area (Å²) >= 11 is 0. The number of anilines is 1. The van der Waals surface area contributed by atoms with Crippen molar-refractivity contribution in [2.45, 2.75) is 12.5 Å². The average Bonchev–Trinajstić information content (AvgIpc) is 2.83. The summed E-state index contributed by atoms with van der Waals surface area (Å²) in [6, 6.07) is 8.60. The number of piperazine rings is 1. The number of nitrogens with two attached hydrogens (primary N) is 1. The van der Waals surface area contributed by atoms with Gasteiger partial charge in [-0.1, -0.05) is 18.2 Å². The Kier molecular flexibility index (Phi) is 4.40. The van der Waals surface area contributed by atoms with Gasteiger partial charge in [-0.2, -0.15) is 0 Å². The fourth-order valence-corrected chi connectivity index (χ4v) is 3.20. The van der Waals surface area contributed by atoms with Gasteiger partial charge in [0, 0.05) is 26.2 Å². The number of rotatable bonds is 4. The van der Waals surface area contributed by atoms with Gasteiger partial charge in [-0.15, -0.1) is 0 Å². The summed E-state index contributed by atoms with van der Waals surface area (Å²) in [6.45, 7) is 2.89. The van der Waals surface area contributed by atoms with Gasteiger partial charge in [0.15, 0.2) is 0 Å². The zero-order chi connectivity index (χ0) is 16.4. The summed E-state index contributed by atoms with van der Waals surface area (Å²) in [5.41, 5.74) is 5.83. The number of benzene rings is 1. The van der Waals surface area contributed by atoms with Crippen molar-refractivity contribution < 1.29 is 14.4 Å². The fraction of sp³-hybridized carbons (Fsp3) is 0.438. The maximum Gasteiger partial charge on any atom is 0.251 e. The van der Waals surface area contributed by atoms with Crippen LogP contribution in [-0.4, -0.2) is 66.3 Å². The van der Waals surface area contributed by atoms with Gasteiger partial charge in [-0.05, 0) is 12.1 Å². The molecule has 0 unspecified atom stereocenters. The van der Waals surface area contributed by atoms with Gasteiger partial charge in [-0.25, -0.2) is 4.90 Å². The summed E-state index contributed by atoms with van der Waals surface area (Å²) in [4.78, 5) is 41.1. The molecule has 7 nitrogen and oxygen atoms in total. The molecular weight excluding hydrogens is 296 g/mol. The van der Waals surface area contributed by atoms with Crippen molar-refractivity contribution in [3.05, 3.63) is 30.3 Å². The first-order valence-corrected chi connectivity index (χ1v) is 7.73. The first-order chi connectivity index (χ1) is 11.1. The van der Waals surface area contributed by atoms with Gasteiger partial charge in [-0.3, -0.25) is 24.2 Å². The second kappa shape index (κ2) is 6.47. The van der Waals surface area contributed by atoms with Crippen LogP contribution in [0.1, 0.15) is 6.42 Å². The molecule has 0 spiro atoms. The number of nitrogens with zero attached hydrogens (tertiary/aromatic N) is 3. The lowest BCUT2D eigenvalue weighted by atomic mass is 10.1. The average molecular weight is 316 g/mol. The third-order valence-corrected chi connectivity index (χ3v) is 4.36. The van der Waals surface area contributed by atoms with Crippen molar-refractivity contribution in [2.24, 2.45) is 5.73 Å². The zero-order valence-electron chi connectivity index (χ0n) is 12.9. The predicted molar refractivity (Wildman–Crippen MR) is 84.5 cm³/mol. The van der Waals surface area contributed by atoms with E-state index in [9.17, 15) is 14.4 Å². The Labute approximate surface area is 134 Å². The normalized spacial score (nSPS) is 23.5. The van der Waals surface area contributed by atoms with Gasteiger partial charge in [0.25, 0.3) is 5.91 Å². The lowest BCUT2D eigenvalue weighted by Crippen LogP contribution is -2.53. The number of hydrogen-bond donors (Lipinski definition) is 1. The Hall–Kier alpha value is -2.25. The van der Waals surface area contributed by atoms with E-state index in [4.69, 9.17) is 5.73 Å². The van der Waals surface area contributed by atoms with E-state index in [-0.39, 0.29) is 30.7 Å². The van der Waals surface area contributed by atoms with E-state index >= 15 is 0 Å². The Bertz CT molecular complexity index is 611. The van der Waals surface area contributed by atoms with Crippen molar-refractivity contribution in [2.75, 3.05) is 37.6 Å². The molecule has 1 aromatic rings. The van der Waals surface area contributed by atoms with Crippen LogP contribution in [-0.2, 0) is 14.4 Å². The molecule has 1 atom stereocenters. The molecule has 2 saturated heterocycles. The molecule has 2 aliphatic heterocycles. The molecule has 3 rings (SSSR count). The van der Waals surface area contributed by atoms with E-state index in [2.05, 4.69) is 0 Å². The highest BCUT2D eigenvalue weighted by Gasteiger charge is 2.43. The van der Waals surface area contributed by atoms with E-state index in [1.165, 1.54) is 4.90 Å².